The van der Waals surface area contributed by atoms with Gasteiger partial charge in [-0.25, -0.2) is 0 Å². The fraction of sp³-hybridized carbons (Fsp3) is 0.133. The predicted octanol–water partition coefficient (Wildman–Crippen LogP) is 1.90. The monoisotopic (exact) mass is 242 g/mol. The van der Waals surface area contributed by atoms with Gasteiger partial charge in [-0.1, -0.05) is 48.5 Å². The van der Waals surface area contributed by atoms with E-state index in [1.807, 2.05) is 6.07 Å². The lowest BCUT2D eigenvalue weighted by molar-refractivity contribution is 0.103. The van der Waals surface area contributed by atoms with Crippen molar-refractivity contribution in [3.05, 3.63) is 70.8 Å². The Morgan fingerprint density at radius 1 is 0.889 bits per heavy atom. The van der Waals surface area contributed by atoms with Crippen LogP contribution in [0.5, 0.6) is 0 Å². The summed E-state index contributed by atoms with van der Waals surface area (Å²) in [5.41, 5.74) is 2.09. The molecule has 18 heavy (non-hydrogen) atoms. The number of aliphatic hydroxyl groups excluding tert-OH is 2. The molecule has 3 nitrogen and oxygen atoms in total. The highest BCUT2D eigenvalue weighted by molar-refractivity contribution is 6.10. The van der Waals surface area contributed by atoms with Crippen LogP contribution in [0, 0.1) is 0 Å². The van der Waals surface area contributed by atoms with E-state index >= 15 is 0 Å². The van der Waals surface area contributed by atoms with E-state index in [0.717, 1.165) is 0 Å². The number of carbonyl (C=O) groups is 1. The molecule has 0 aliphatic rings. The minimum Gasteiger partial charge on any atom is -0.392 e. The highest BCUT2D eigenvalue weighted by Gasteiger charge is 2.15. The molecule has 0 radical (unpaired) electrons. The Morgan fingerprint density at radius 3 is 2.22 bits per heavy atom. The second kappa shape index (κ2) is 5.58. The summed E-state index contributed by atoms with van der Waals surface area (Å²) in [6, 6.07) is 14.0. The average molecular weight is 242 g/mol. The summed E-state index contributed by atoms with van der Waals surface area (Å²) in [6.45, 7) is -0.448. The van der Waals surface area contributed by atoms with Crippen LogP contribution < -0.4 is 0 Å². The second-order valence-electron chi connectivity index (χ2n) is 3.95. The summed E-state index contributed by atoms with van der Waals surface area (Å²) in [5.74, 6) is -0.144. The third-order valence-electron chi connectivity index (χ3n) is 2.88. The van der Waals surface area contributed by atoms with E-state index in [1.54, 1.807) is 42.5 Å². The van der Waals surface area contributed by atoms with Gasteiger partial charge >= 0.3 is 0 Å². The standard InChI is InChI=1S/C15H14O3/c16-9-12-7-4-8-13(14(12)10-17)15(18)11-5-2-1-3-6-11/h1-8,16-17H,9-10H2. The molecule has 0 saturated heterocycles. The number of ketones is 1. The maximum Gasteiger partial charge on any atom is 0.193 e. The molecule has 2 rings (SSSR count). The topological polar surface area (TPSA) is 57.5 Å². The molecule has 0 atom stereocenters. The number of hydrogen-bond donors (Lipinski definition) is 2. The van der Waals surface area contributed by atoms with E-state index in [1.165, 1.54) is 0 Å². The zero-order valence-electron chi connectivity index (χ0n) is 9.84. The predicted molar refractivity (Wildman–Crippen MR) is 68.2 cm³/mol. The van der Waals surface area contributed by atoms with Crippen molar-refractivity contribution in [2.45, 2.75) is 13.2 Å². The van der Waals surface area contributed by atoms with Crippen molar-refractivity contribution in [2.24, 2.45) is 0 Å². The molecule has 0 aliphatic heterocycles. The third-order valence-corrected chi connectivity index (χ3v) is 2.88. The smallest absolute Gasteiger partial charge is 0.193 e. The van der Waals surface area contributed by atoms with Gasteiger partial charge in [-0.2, -0.15) is 0 Å². The number of benzene rings is 2. The van der Waals surface area contributed by atoms with E-state index in [4.69, 9.17) is 0 Å². The quantitative estimate of drug-likeness (QED) is 0.805. The van der Waals surface area contributed by atoms with Crippen LogP contribution in [0.25, 0.3) is 0 Å². The Bertz CT molecular complexity index is 547. The lowest BCUT2D eigenvalue weighted by atomic mass is 9.95. The molecule has 0 unspecified atom stereocenters. The van der Waals surface area contributed by atoms with Crippen molar-refractivity contribution in [3.8, 4) is 0 Å². The molecular formula is C15H14O3. The van der Waals surface area contributed by atoms with Gasteiger partial charge in [-0.3, -0.25) is 4.79 Å². The molecule has 0 heterocycles. The molecule has 0 saturated carbocycles. The first kappa shape index (κ1) is 12.5. The van der Waals surface area contributed by atoms with Crippen LogP contribution in [-0.4, -0.2) is 16.0 Å². The Balaban J connectivity index is 2.48. The first-order chi connectivity index (χ1) is 8.77. The highest BCUT2D eigenvalue weighted by atomic mass is 16.3. The van der Waals surface area contributed by atoms with E-state index in [9.17, 15) is 15.0 Å². The van der Waals surface area contributed by atoms with Crippen molar-refractivity contribution < 1.29 is 15.0 Å². The van der Waals surface area contributed by atoms with Crippen LogP contribution in [0.1, 0.15) is 27.0 Å². The van der Waals surface area contributed by atoms with Crippen molar-refractivity contribution in [3.63, 3.8) is 0 Å². The first-order valence-corrected chi connectivity index (χ1v) is 5.70. The SMILES string of the molecule is O=C(c1ccccc1)c1cccc(CO)c1CO. The van der Waals surface area contributed by atoms with Gasteiger partial charge in [-0.05, 0) is 11.1 Å². The Morgan fingerprint density at radius 2 is 1.61 bits per heavy atom. The molecule has 0 amide bonds. The molecule has 0 aliphatic carbocycles. The lowest BCUT2D eigenvalue weighted by Gasteiger charge is -2.10. The highest BCUT2D eigenvalue weighted by Crippen LogP contribution is 2.19. The van der Waals surface area contributed by atoms with Crippen LogP contribution in [0.15, 0.2) is 48.5 Å². The number of carbonyl (C=O) groups excluding carboxylic acids is 1. The molecule has 2 aromatic carbocycles. The molecule has 3 heteroatoms. The second-order valence-corrected chi connectivity index (χ2v) is 3.95. The van der Waals surface area contributed by atoms with E-state index in [2.05, 4.69) is 0 Å². The maximum atomic E-state index is 12.3. The summed E-state index contributed by atoms with van der Waals surface area (Å²) < 4.78 is 0. The molecule has 0 bridgehead atoms. The Labute approximate surface area is 105 Å². The van der Waals surface area contributed by atoms with Gasteiger partial charge in [-0.15, -0.1) is 0 Å². The van der Waals surface area contributed by atoms with Gasteiger partial charge in [0, 0.05) is 11.1 Å². The van der Waals surface area contributed by atoms with Gasteiger partial charge in [0.15, 0.2) is 5.78 Å². The van der Waals surface area contributed by atoms with Crippen molar-refractivity contribution in [2.75, 3.05) is 0 Å². The Hall–Kier alpha value is -1.97. The van der Waals surface area contributed by atoms with Crippen LogP contribution in [0.3, 0.4) is 0 Å². The van der Waals surface area contributed by atoms with Crippen LogP contribution in [-0.2, 0) is 13.2 Å². The first-order valence-electron chi connectivity index (χ1n) is 5.70. The normalized spacial score (nSPS) is 10.3. The minimum absolute atomic E-state index is 0.144. The van der Waals surface area contributed by atoms with Crippen molar-refractivity contribution in [1.29, 1.82) is 0 Å². The van der Waals surface area contributed by atoms with Crippen molar-refractivity contribution >= 4 is 5.78 Å². The van der Waals surface area contributed by atoms with Crippen LogP contribution in [0.4, 0.5) is 0 Å². The molecule has 2 aromatic rings. The molecule has 92 valence electrons. The fourth-order valence-electron chi connectivity index (χ4n) is 1.93. The largest absolute Gasteiger partial charge is 0.392 e. The van der Waals surface area contributed by atoms with E-state index in [-0.39, 0.29) is 19.0 Å². The summed E-state index contributed by atoms with van der Waals surface area (Å²) >= 11 is 0. The number of hydrogen-bond acceptors (Lipinski definition) is 3. The average Bonchev–Trinajstić information content (AvgIpc) is 2.46. The van der Waals surface area contributed by atoms with Gasteiger partial charge in [0.2, 0.25) is 0 Å². The van der Waals surface area contributed by atoms with Crippen molar-refractivity contribution in [1.82, 2.24) is 0 Å². The summed E-state index contributed by atoms with van der Waals surface area (Å²) in [5, 5.41) is 18.6. The molecule has 2 N–H and O–H groups in total. The van der Waals surface area contributed by atoms with Gasteiger partial charge < -0.3 is 10.2 Å². The third kappa shape index (κ3) is 2.32. The Kier molecular flexibility index (Phi) is 3.87. The van der Waals surface area contributed by atoms with E-state index < -0.39 is 0 Å². The van der Waals surface area contributed by atoms with Crippen LogP contribution >= 0.6 is 0 Å². The zero-order chi connectivity index (χ0) is 13.0. The van der Waals surface area contributed by atoms with Gasteiger partial charge in [0.25, 0.3) is 0 Å². The summed E-state index contributed by atoms with van der Waals surface area (Å²) in [6.07, 6.45) is 0. The summed E-state index contributed by atoms with van der Waals surface area (Å²) in [4.78, 5) is 12.3. The van der Waals surface area contributed by atoms with Gasteiger partial charge in [0.05, 0.1) is 13.2 Å². The molecule has 0 fully saturated rings. The number of rotatable bonds is 4. The van der Waals surface area contributed by atoms with Crippen LogP contribution in [0.2, 0.25) is 0 Å². The van der Waals surface area contributed by atoms with Gasteiger partial charge in [0.1, 0.15) is 0 Å². The summed E-state index contributed by atoms with van der Waals surface area (Å²) in [7, 11) is 0. The van der Waals surface area contributed by atoms with E-state index in [0.29, 0.717) is 22.3 Å². The fourth-order valence-corrected chi connectivity index (χ4v) is 1.93. The molecular weight excluding hydrogens is 228 g/mol. The number of aliphatic hydroxyl groups is 2. The maximum absolute atomic E-state index is 12.3. The molecule has 0 spiro atoms. The minimum atomic E-state index is -0.259. The zero-order valence-corrected chi connectivity index (χ0v) is 9.84. The molecule has 0 aromatic heterocycles. The lowest BCUT2D eigenvalue weighted by Crippen LogP contribution is -2.08.